The topological polar surface area (TPSA) is 46.2 Å². The number of sulfonamides is 1. The third kappa shape index (κ3) is 2.30. The van der Waals surface area contributed by atoms with Gasteiger partial charge >= 0.3 is 0 Å². The van der Waals surface area contributed by atoms with Crippen molar-refractivity contribution in [3.63, 3.8) is 0 Å². The Bertz CT molecular complexity index is 1010. The van der Waals surface area contributed by atoms with E-state index in [2.05, 4.69) is 10.8 Å². The maximum absolute atomic E-state index is 12.9. The molecule has 0 amide bonds. The molecule has 4 heteroatoms. The Morgan fingerprint density at radius 3 is 2.39 bits per heavy atom. The van der Waals surface area contributed by atoms with Gasteiger partial charge in [0.1, 0.15) is 0 Å². The van der Waals surface area contributed by atoms with Gasteiger partial charge in [-0.05, 0) is 54.0 Å². The van der Waals surface area contributed by atoms with E-state index in [1.54, 1.807) is 12.1 Å². The van der Waals surface area contributed by atoms with E-state index in [-0.39, 0.29) is 0 Å². The predicted molar refractivity (Wildman–Crippen MR) is 93.3 cm³/mol. The molecule has 3 aromatic rings. The van der Waals surface area contributed by atoms with E-state index in [1.807, 2.05) is 43.3 Å². The van der Waals surface area contributed by atoms with Crippen molar-refractivity contribution >= 4 is 26.5 Å². The van der Waals surface area contributed by atoms with Crippen molar-refractivity contribution < 1.29 is 8.42 Å². The summed E-state index contributed by atoms with van der Waals surface area (Å²) >= 11 is 0. The second kappa shape index (κ2) is 5.10. The summed E-state index contributed by atoms with van der Waals surface area (Å²) in [5, 5.41) is 1.93. The molecule has 0 atom stereocenters. The number of nitrogens with one attached hydrogen (secondary N) is 1. The number of para-hydroxylation sites is 1. The molecule has 1 aliphatic rings. The molecule has 0 aliphatic heterocycles. The quantitative estimate of drug-likeness (QED) is 0.790. The van der Waals surface area contributed by atoms with Gasteiger partial charge in [0.2, 0.25) is 0 Å². The predicted octanol–water partition coefficient (Wildman–Crippen LogP) is 4.05. The first-order valence-corrected chi connectivity index (χ1v) is 9.16. The van der Waals surface area contributed by atoms with Gasteiger partial charge in [-0.25, -0.2) is 8.42 Å². The summed E-state index contributed by atoms with van der Waals surface area (Å²) in [6.07, 6.45) is 1.97. The molecule has 116 valence electrons. The highest BCUT2D eigenvalue weighted by atomic mass is 32.2. The smallest absolute Gasteiger partial charge is 0.262 e. The summed E-state index contributed by atoms with van der Waals surface area (Å²) in [5.41, 5.74) is 4.01. The number of hydrogen-bond donors (Lipinski definition) is 1. The Labute approximate surface area is 136 Å². The fourth-order valence-corrected chi connectivity index (χ4v) is 4.68. The van der Waals surface area contributed by atoms with Gasteiger partial charge in [-0.3, -0.25) is 4.72 Å². The van der Waals surface area contributed by atoms with Crippen molar-refractivity contribution in [1.82, 2.24) is 0 Å². The Hall–Kier alpha value is -2.33. The normalized spacial score (nSPS) is 13.4. The van der Waals surface area contributed by atoms with Crippen molar-refractivity contribution in [3.8, 4) is 0 Å². The fraction of sp³-hybridized carbons (Fsp3) is 0.158. The van der Waals surface area contributed by atoms with Crippen LogP contribution in [0, 0.1) is 6.92 Å². The molecule has 23 heavy (non-hydrogen) atoms. The molecule has 0 bridgehead atoms. The molecule has 1 aliphatic carbocycles. The maximum Gasteiger partial charge on any atom is 0.262 e. The summed E-state index contributed by atoms with van der Waals surface area (Å²) in [6.45, 7) is 1.89. The van der Waals surface area contributed by atoms with Crippen LogP contribution in [-0.4, -0.2) is 8.42 Å². The van der Waals surface area contributed by atoms with Crippen LogP contribution < -0.4 is 4.72 Å². The molecule has 0 fully saturated rings. The molecule has 0 saturated heterocycles. The Morgan fingerprint density at radius 2 is 1.61 bits per heavy atom. The molecule has 0 saturated carbocycles. The lowest BCUT2D eigenvalue weighted by Gasteiger charge is -2.13. The van der Waals surface area contributed by atoms with Crippen molar-refractivity contribution in [1.29, 1.82) is 0 Å². The Balaban J connectivity index is 1.88. The van der Waals surface area contributed by atoms with Crippen molar-refractivity contribution in [2.75, 3.05) is 4.72 Å². The number of aryl methyl sites for hydroxylation is 3. The molecule has 0 spiro atoms. The van der Waals surface area contributed by atoms with Crippen LogP contribution >= 0.6 is 0 Å². The van der Waals surface area contributed by atoms with E-state index in [0.717, 1.165) is 29.2 Å². The molecular weight excluding hydrogens is 306 g/mol. The molecule has 0 heterocycles. The summed E-state index contributed by atoms with van der Waals surface area (Å²) in [6, 6.07) is 17.0. The number of benzene rings is 3. The molecule has 4 rings (SSSR count). The Kier molecular flexibility index (Phi) is 3.16. The molecular formula is C19H17NO2S. The summed E-state index contributed by atoms with van der Waals surface area (Å²) in [4.78, 5) is 0.350. The number of rotatable bonds is 3. The summed E-state index contributed by atoms with van der Waals surface area (Å²) in [7, 11) is -3.62. The highest BCUT2D eigenvalue weighted by Gasteiger charge is 2.22. The van der Waals surface area contributed by atoms with Crippen molar-refractivity contribution in [2.24, 2.45) is 0 Å². The molecule has 3 nitrogen and oxygen atoms in total. The minimum absolute atomic E-state index is 0.350. The zero-order valence-electron chi connectivity index (χ0n) is 12.8. The monoisotopic (exact) mass is 323 g/mol. The van der Waals surface area contributed by atoms with Crippen LogP contribution in [0.3, 0.4) is 0 Å². The van der Waals surface area contributed by atoms with E-state index in [4.69, 9.17) is 0 Å². The minimum Gasteiger partial charge on any atom is -0.279 e. The average molecular weight is 323 g/mol. The highest BCUT2D eigenvalue weighted by Crippen LogP contribution is 2.35. The van der Waals surface area contributed by atoms with Gasteiger partial charge < -0.3 is 0 Å². The number of anilines is 1. The molecule has 1 N–H and O–H groups in total. The SMILES string of the molecule is Cc1ccccc1NS(=O)(=O)c1ccc2c3c(cccc13)CC2. The van der Waals surface area contributed by atoms with E-state index < -0.39 is 10.0 Å². The zero-order valence-corrected chi connectivity index (χ0v) is 13.7. The second-order valence-electron chi connectivity index (χ2n) is 5.98. The summed E-state index contributed by atoms with van der Waals surface area (Å²) < 4.78 is 28.5. The standard InChI is InChI=1S/C19H17NO2S/c1-13-5-2-3-8-17(13)20-23(21,22)18-12-11-15-10-9-14-6-4-7-16(18)19(14)15/h2-8,11-12,20H,9-10H2,1H3. The Morgan fingerprint density at radius 1 is 0.870 bits per heavy atom. The number of hydrogen-bond acceptors (Lipinski definition) is 2. The molecule has 3 aromatic carbocycles. The van der Waals surface area contributed by atoms with Crippen molar-refractivity contribution in [2.45, 2.75) is 24.7 Å². The average Bonchev–Trinajstić information content (AvgIpc) is 2.95. The highest BCUT2D eigenvalue weighted by molar-refractivity contribution is 7.93. The fourth-order valence-electron chi connectivity index (χ4n) is 3.34. The van der Waals surface area contributed by atoms with Gasteiger partial charge in [-0.15, -0.1) is 0 Å². The van der Waals surface area contributed by atoms with Gasteiger partial charge in [0, 0.05) is 5.39 Å². The molecule has 0 radical (unpaired) electrons. The second-order valence-corrected chi connectivity index (χ2v) is 7.63. The van der Waals surface area contributed by atoms with Crippen LogP contribution in [0.4, 0.5) is 5.69 Å². The molecule has 0 aromatic heterocycles. The summed E-state index contributed by atoms with van der Waals surface area (Å²) in [5.74, 6) is 0. The third-order valence-corrected chi connectivity index (χ3v) is 5.94. The van der Waals surface area contributed by atoms with Crippen LogP contribution in [-0.2, 0) is 22.9 Å². The van der Waals surface area contributed by atoms with E-state index >= 15 is 0 Å². The van der Waals surface area contributed by atoms with Crippen LogP contribution in [0.2, 0.25) is 0 Å². The lowest BCUT2D eigenvalue weighted by molar-refractivity contribution is 0.602. The van der Waals surface area contributed by atoms with Gasteiger partial charge in [0.15, 0.2) is 0 Å². The van der Waals surface area contributed by atoms with Crippen LogP contribution in [0.5, 0.6) is 0 Å². The first-order chi connectivity index (χ1) is 11.1. The van der Waals surface area contributed by atoms with E-state index in [0.29, 0.717) is 10.6 Å². The lowest BCUT2D eigenvalue weighted by Crippen LogP contribution is -2.14. The van der Waals surface area contributed by atoms with Crippen molar-refractivity contribution in [3.05, 3.63) is 71.3 Å². The van der Waals surface area contributed by atoms with Gasteiger partial charge in [0.05, 0.1) is 10.6 Å². The van der Waals surface area contributed by atoms with E-state index in [1.165, 1.54) is 11.1 Å². The van der Waals surface area contributed by atoms with Crippen LogP contribution in [0.25, 0.3) is 10.8 Å². The van der Waals surface area contributed by atoms with Crippen LogP contribution in [0.1, 0.15) is 16.7 Å². The van der Waals surface area contributed by atoms with Gasteiger partial charge in [-0.1, -0.05) is 42.5 Å². The lowest BCUT2D eigenvalue weighted by atomic mass is 10.1. The zero-order chi connectivity index (χ0) is 16.0. The van der Waals surface area contributed by atoms with Crippen LogP contribution in [0.15, 0.2) is 59.5 Å². The van der Waals surface area contributed by atoms with Gasteiger partial charge in [0.25, 0.3) is 10.0 Å². The van der Waals surface area contributed by atoms with E-state index in [9.17, 15) is 8.42 Å². The van der Waals surface area contributed by atoms with Gasteiger partial charge in [-0.2, -0.15) is 0 Å². The minimum atomic E-state index is -3.62. The first kappa shape index (κ1) is 14.3. The molecule has 0 unspecified atom stereocenters. The maximum atomic E-state index is 12.9. The largest absolute Gasteiger partial charge is 0.279 e. The third-order valence-electron chi connectivity index (χ3n) is 4.52. The first-order valence-electron chi connectivity index (χ1n) is 7.68.